The van der Waals surface area contributed by atoms with Gasteiger partial charge in [-0.2, -0.15) is 4.57 Å². The van der Waals surface area contributed by atoms with Crippen LogP contribution in [0.5, 0.6) is 0 Å². The molecule has 0 radical (unpaired) electrons. The van der Waals surface area contributed by atoms with Crippen LogP contribution in [0, 0.1) is 6.92 Å². The summed E-state index contributed by atoms with van der Waals surface area (Å²) in [5, 5.41) is 2.23. The van der Waals surface area contributed by atoms with E-state index < -0.39 is 0 Å². The standard InChI is InChI=1S/C17H16NS2/c1-14-13-19-17(20-16-10-6-3-7-11-16)18(14)12-15-8-4-2-5-9-15/h2-11,13H,12H2,1H3/q+1. The highest BCUT2D eigenvalue weighted by molar-refractivity contribution is 8.00. The molecule has 1 nitrogen and oxygen atoms in total. The van der Waals surface area contributed by atoms with Gasteiger partial charge in [-0.3, -0.25) is 0 Å². The van der Waals surface area contributed by atoms with Crippen molar-refractivity contribution in [1.29, 1.82) is 0 Å². The van der Waals surface area contributed by atoms with Gasteiger partial charge in [-0.15, -0.1) is 0 Å². The molecule has 0 aliphatic heterocycles. The van der Waals surface area contributed by atoms with Crippen molar-refractivity contribution in [2.24, 2.45) is 0 Å². The molecular formula is C17H16NS2+. The quantitative estimate of drug-likeness (QED) is 0.639. The van der Waals surface area contributed by atoms with Crippen molar-refractivity contribution in [3.8, 4) is 0 Å². The monoisotopic (exact) mass is 298 g/mol. The Bertz CT molecular complexity index is 675. The first-order valence-corrected chi connectivity index (χ1v) is 8.27. The van der Waals surface area contributed by atoms with Crippen molar-refractivity contribution in [3.05, 3.63) is 77.3 Å². The summed E-state index contributed by atoms with van der Waals surface area (Å²) in [6.45, 7) is 3.11. The lowest BCUT2D eigenvalue weighted by atomic mass is 10.2. The maximum absolute atomic E-state index is 2.39. The number of rotatable bonds is 4. The average molecular weight is 298 g/mol. The lowest BCUT2D eigenvalue weighted by Crippen LogP contribution is -2.37. The molecule has 2 aromatic carbocycles. The Morgan fingerprint density at radius 3 is 2.30 bits per heavy atom. The third kappa shape index (κ3) is 3.11. The maximum atomic E-state index is 2.39. The summed E-state index contributed by atoms with van der Waals surface area (Å²) in [5.74, 6) is 0. The molecule has 1 heterocycles. The number of aromatic nitrogens is 1. The van der Waals surface area contributed by atoms with Gasteiger partial charge in [0.15, 0.2) is 12.2 Å². The molecule has 3 aromatic rings. The van der Waals surface area contributed by atoms with Crippen LogP contribution in [0.1, 0.15) is 11.3 Å². The molecule has 1 aromatic heterocycles. The van der Waals surface area contributed by atoms with Gasteiger partial charge >= 0.3 is 4.34 Å². The first kappa shape index (κ1) is 13.4. The van der Waals surface area contributed by atoms with Gasteiger partial charge in [0.05, 0.1) is 5.38 Å². The topological polar surface area (TPSA) is 3.88 Å². The fourth-order valence-corrected chi connectivity index (χ4v) is 4.20. The normalized spacial score (nSPS) is 10.7. The predicted octanol–water partition coefficient (Wildman–Crippen LogP) is 4.54. The van der Waals surface area contributed by atoms with E-state index in [0.29, 0.717) is 0 Å². The SMILES string of the molecule is Cc1csc(Sc2ccccc2)[n+]1Cc1ccccc1. The Kier molecular flexibility index (Phi) is 4.19. The zero-order chi connectivity index (χ0) is 13.8. The zero-order valence-corrected chi connectivity index (χ0v) is 13.0. The van der Waals surface area contributed by atoms with Crippen LogP contribution in [-0.4, -0.2) is 0 Å². The Morgan fingerprint density at radius 2 is 1.60 bits per heavy atom. The molecule has 0 amide bonds. The maximum Gasteiger partial charge on any atom is 0.302 e. The van der Waals surface area contributed by atoms with Crippen molar-refractivity contribution in [1.82, 2.24) is 0 Å². The molecule has 100 valence electrons. The number of aryl methyl sites for hydroxylation is 1. The van der Waals surface area contributed by atoms with Crippen LogP contribution in [-0.2, 0) is 6.54 Å². The third-order valence-corrected chi connectivity index (χ3v) is 5.43. The first-order chi connectivity index (χ1) is 9.83. The minimum atomic E-state index is 0.936. The summed E-state index contributed by atoms with van der Waals surface area (Å²) in [6.07, 6.45) is 0. The van der Waals surface area contributed by atoms with Crippen LogP contribution in [0.2, 0.25) is 0 Å². The number of benzene rings is 2. The Labute approximate surface area is 127 Å². The molecule has 0 saturated heterocycles. The Hall–Kier alpha value is -1.58. The minimum Gasteiger partial charge on any atom is -0.176 e. The van der Waals surface area contributed by atoms with Gasteiger partial charge in [0.1, 0.15) is 0 Å². The first-order valence-electron chi connectivity index (χ1n) is 6.58. The third-order valence-electron chi connectivity index (χ3n) is 3.11. The minimum absolute atomic E-state index is 0.936. The molecule has 0 aliphatic rings. The van der Waals surface area contributed by atoms with E-state index in [-0.39, 0.29) is 0 Å². The Balaban J connectivity index is 1.86. The molecule has 3 heteroatoms. The highest BCUT2D eigenvalue weighted by Crippen LogP contribution is 2.29. The lowest BCUT2D eigenvalue weighted by Gasteiger charge is -2.01. The zero-order valence-electron chi connectivity index (χ0n) is 11.3. The second kappa shape index (κ2) is 6.25. The van der Waals surface area contributed by atoms with E-state index in [1.165, 1.54) is 20.5 Å². The summed E-state index contributed by atoms with van der Waals surface area (Å²) in [4.78, 5) is 1.29. The van der Waals surface area contributed by atoms with Crippen LogP contribution in [0.4, 0.5) is 0 Å². The summed E-state index contributed by atoms with van der Waals surface area (Å²) in [7, 11) is 0. The second-order valence-corrected chi connectivity index (χ2v) is 6.81. The van der Waals surface area contributed by atoms with Crippen LogP contribution in [0.25, 0.3) is 0 Å². The molecule has 20 heavy (non-hydrogen) atoms. The van der Waals surface area contributed by atoms with Crippen molar-refractivity contribution >= 4 is 23.1 Å². The fraction of sp³-hybridized carbons (Fsp3) is 0.118. The average Bonchev–Trinajstić information content (AvgIpc) is 2.83. The smallest absolute Gasteiger partial charge is 0.176 e. The summed E-state index contributed by atoms with van der Waals surface area (Å²) in [6, 6.07) is 21.2. The van der Waals surface area contributed by atoms with Gasteiger partial charge < -0.3 is 0 Å². The van der Waals surface area contributed by atoms with Gasteiger partial charge in [-0.05, 0) is 23.9 Å². The van der Waals surface area contributed by atoms with Crippen LogP contribution >= 0.6 is 23.1 Å². The molecule has 0 aliphatic carbocycles. The highest BCUT2D eigenvalue weighted by atomic mass is 32.2. The van der Waals surface area contributed by atoms with Gasteiger partial charge in [-0.1, -0.05) is 59.9 Å². The molecule has 0 N–H and O–H groups in total. The fourth-order valence-electron chi connectivity index (χ4n) is 2.03. The molecule has 0 atom stereocenters. The van der Waals surface area contributed by atoms with E-state index in [4.69, 9.17) is 0 Å². The van der Waals surface area contributed by atoms with Gasteiger partial charge in [0, 0.05) is 17.4 Å². The van der Waals surface area contributed by atoms with Crippen LogP contribution in [0.3, 0.4) is 0 Å². The van der Waals surface area contributed by atoms with E-state index in [1.807, 2.05) is 23.1 Å². The number of hydrogen-bond donors (Lipinski definition) is 0. The van der Waals surface area contributed by atoms with Crippen LogP contribution < -0.4 is 4.57 Å². The second-order valence-electron chi connectivity index (χ2n) is 4.63. The number of nitrogens with zero attached hydrogens (tertiary/aromatic N) is 1. The van der Waals surface area contributed by atoms with E-state index in [1.54, 1.807) is 0 Å². The molecule has 0 spiro atoms. The Morgan fingerprint density at radius 1 is 0.950 bits per heavy atom. The van der Waals surface area contributed by atoms with Crippen molar-refractivity contribution in [2.75, 3.05) is 0 Å². The highest BCUT2D eigenvalue weighted by Gasteiger charge is 2.18. The van der Waals surface area contributed by atoms with E-state index in [0.717, 1.165) is 6.54 Å². The molecule has 0 unspecified atom stereocenters. The molecule has 3 rings (SSSR count). The number of thiazole rings is 1. The molecule has 0 bridgehead atoms. The van der Waals surface area contributed by atoms with E-state index in [2.05, 4.69) is 77.5 Å². The molecular weight excluding hydrogens is 282 g/mol. The number of hydrogen-bond acceptors (Lipinski definition) is 2. The van der Waals surface area contributed by atoms with E-state index in [9.17, 15) is 0 Å². The summed E-state index contributed by atoms with van der Waals surface area (Å²) < 4.78 is 3.72. The predicted molar refractivity (Wildman–Crippen MR) is 85.4 cm³/mol. The van der Waals surface area contributed by atoms with Crippen molar-refractivity contribution in [2.45, 2.75) is 22.7 Å². The van der Waals surface area contributed by atoms with Crippen molar-refractivity contribution < 1.29 is 4.57 Å². The molecule has 0 saturated carbocycles. The van der Waals surface area contributed by atoms with Crippen molar-refractivity contribution in [3.63, 3.8) is 0 Å². The van der Waals surface area contributed by atoms with E-state index >= 15 is 0 Å². The lowest BCUT2D eigenvalue weighted by molar-refractivity contribution is -0.723. The van der Waals surface area contributed by atoms with Gasteiger partial charge in [0.25, 0.3) is 0 Å². The van der Waals surface area contributed by atoms with Gasteiger partial charge in [0.2, 0.25) is 0 Å². The van der Waals surface area contributed by atoms with Crippen LogP contribution in [0.15, 0.2) is 75.3 Å². The summed E-state index contributed by atoms with van der Waals surface area (Å²) in [5.41, 5.74) is 2.66. The summed E-state index contributed by atoms with van der Waals surface area (Å²) >= 11 is 3.65. The molecule has 0 fully saturated rings. The largest absolute Gasteiger partial charge is 0.302 e. The van der Waals surface area contributed by atoms with Gasteiger partial charge in [-0.25, -0.2) is 0 Å².